The van der Waals surface area contributed by atoms with Crippen LogP contribution >= 0.6 is 15.9 Å². The van der Waals surface area contributed by atoms with Crippen LogP contribution in [-0.2, 0) is 0 Å². The summed E-state index contributed by atoms with van der Waals surface area (Å²) in [7, 11) is 0. The molecular weight excluding hydrogens is 386 g/mol. The van der Waals surface area contributed by atoms with E-state index in [1.807, 2.05) is 30.3 Å². The normalized spacial score (nSPS) is 14.7. The van der Waals surface area contributed by atoms with Gasteiger partial charge < -0.3 is 13.7 Å². The number of amides is 1. The van der Waals surface area contributed by atoms with Crippen molar-refractivity contribution in [2.45, 2.75) is 12.8 Å². The van der Waals surface area contributed by atoms with Crippen molar-refractivity contribution in [1.82, 2.24) is 5.43 Å². The molecule has 3 heterocycles. The van der Waals surface area contributed by atoms with Crippen LogP contribution in [0, 0.1) is 0 Å². The zero-order valence-corrected chi connectivity index (χ0v) is 15.0. The van der Waals surface area contributed by atoms with Crippen LogP contribution in [-0.4, -0.2) is 25.2 Å². The van der Waals surface area contributed by atoms with Gasteiger partial charge in [0.15, 0.2) is 11.6 Å². The summed E-state index contributed by atoms with van der Waals surface area (Å²) in [5.41, 5.74) is 3.10. The smallest absolute Gasteiger partial charge is 0.307 e. The van der Waals surface area contributed by atoms with Crippen LogP contribution in [0.3, 0.4) is 0 Å². The van der Waals surface area contributed by atoms with Crippen molar-refractivity contribution in [1.29, 1.82) is 0 Å². The summed E-state index contributed by atoms with van der Waals surface area (Å²) in [5.74, 6) is 1.24. The Morgan fingerprint density at radius 2 is 2.00 bits per heavy atom. The summed E-state index contributed by atoms with van der Waals surface area (Å²) in [6.07, 6.45) is 3.86. The lowest BCUT2D eigenvalue weighted by molar-refractivity contribution is 0.0929. The van der Waals surface area contributed by atoms with Gasteiger partial charge in [-0.25, -0.2) is 5.43 Å². The molecule has 2 aromatic heterocycles. The second-order valence-corrected chi connectivity index (χ2v) is 6.78. The first kappa shape index (κ1) is 16.0. The molecule has 1 aliphatic heterocycles. The number of nitrogens with one attached hydrogen (secondary N) is 1. The van der Waals surface area contributed by atoms with E-state index in [4.69, 9.17) is 8.83 Å². The average molecular weight is 402 g/mol. The number of hydrazone groups is 1. The van der Waals surface area contributed by atoms with Gasteiger partial charge in [0.25, 0.3) is 0 Å². The van der Waals surface area contributed by atoms with Crippen LogP contribution in [0.4, 0.5) is 5.88 Å². The fourth-order valence-electron chi connectivity index (χ4n) is 2.85. The topological polar surface area (TPSA) is 71.0 Å². The lowest BCUT2D eigenvalue weighted by atomic mass is 10.2. The molecule has 1 amide bonds. The highest BCUT2D eigenvalue weighted by Crippen LogP contribution is 2.24. The maximum absolute atomic E-state index is 12.1. The third-order valence-corrected chi connectivity index (χ3v) is 4.58. The van der Waals surface area contributed by atoms with Gasteiger partial charge in [0.05, 0.1) is 6.21 Å². The lowest BCUT2D eigenvalue weighted by Crippen LogP contribution is -2.17. The summed E-state index contributed by atoms with van der Waals surface area (Å²) >= 11 is 3.39. The monoisotopic (exact) mass is 401 g/mol. The predicted octanol–water partition coefficient (Wildman–Crippen LogP) is 4.15. The molecule has 25 heavy (non-hydrogen) atoms. The molecule has 0 spiro atoms. The fourth-order valence-corrected chi connectivity index (χ4v) is 3.23. The molecule has 3 aromatic rings. The molecular formula is C18H16BrN3O3. The van der Waals surface area contributed by atoms with Gasteiger partial charge in [-0.1, -0.05) is 15.9 Å². The minimum Gasteiger partial charge on any atom is -0.451 e. The number of anilines is 1. The van der Waals surface area contributed by atoms with Crippen molar-refractivity contribution in [3.8, 4) is 0 Å². The molecule has 4 rings (SSSR count). The molecule has 1 aliphatic rings. The van der Waals surface area contributed by atoms with E-state index in [0.29, 0.717) is 11.3 Å². The molecule has 0 atom stereocenters. The SMILES string of the molecule is O=C(N/N=C/c1ccc(N2CCCC2)o1)c1cc2cc(Br)ccc2o1. The molecule has 1 aromatic carbocycles. The number of nitrogens with zero attached hydrogens (tertiary/aromatic N) is 2. The van der Waals surface area contributed by atoms with E-state index in [0.717, 1.165) is 28.8 Å². The number of rotatable bonds is 4. The summed E-state index contributed by atoms with van der Waals surface area (Å²) in [4.78, 5) is 14.3. The first-order valence-corrected chi connectivity index (χ1v) is 8.86. The zero-order chi connectivity index (χ0) is 17.2. The number of carbonyl (C=O) groups excluding carboxylic acids is 1. The maximum Gasteiger partial charge on any atom is 0.307 e. The highest BCUT2D eigenvalue weighted by atomic mass is 79.9. The highest BCUT2D eigenvalue weighted by Gasteiger charge is 2.15. The van der Waals surface area contributed by atoms with Crippen molar-refractivity contribution in [2.24, 2.45) is 5.10 Å². The van der Waals surface area contributed by atoms with Gasteiger partial charge in [0.1, 0.15) is 11.3 Å². The van der Waals surface area contributed by atoms with E-state index >= 15 is 0 Å². The van der Waals surface area contributed by atoms with E-state index in [1.54, 1.807) is 6.07 Å². The number of hydrogen-bond donors (Lipinski definition) is 1. The Labute approximate surface area is 152 Å². The van der Waals surface area contributed by atoms with Crippen molar-refractivity contribution in [2.75, 3.05) is 18.0 Å². The molecule has 1 saturated heterocycles. The number of halogens is 1. The Balaban J connectivity index is 1.41. The largest absolute Gasteiger partial charge is 0.451 e. The molecule has 0 bridgehead atoms. The highest BCUT2D eigenvalue weighted by molar-refractivity contribution is 9.10. The van der Waals surface area contributed by atoms with Crippen LogP contribution in [0.25, 0.3) is 11.0 Å². The van der Waals surface area contributed by atoms with Gasteiger partial charge in [0.2, 0.25) is 0 Å². The van der Waals surface area contributed by atoms with E-state index in [1.165, 1.54) is 19.1 Å². The summed E-state index contributed by atoms with van der Waals surface area (Å²) in [6.45, 7) is 2.03. The van der Waals surface area contributed by atoms with E-state index in [2.05, 4.69) is 31.4 Å². The zero-order valence-electron chi connectivity index (χ0n) is 13.4. The Morgan fingerprint density at radius 1 is 1.16 bits per heavy atom. The van der Waals surface area contributed by atoms with E-state index in [-0.39, 0.29) is 5.76 Å². The first-order chi connectivity index (χ1) is 12.2. The van der Waals surface area contributed by atoms with Crippen molar-refractivity contribution in [3.05, 3.63) is 52.4 Å². The van der Waals surface area contributed by atoms with Crippen LogP contribution in [0.15, 0.2) is 54.8 Å². The van der Waals surface area contributed by atoms with Crippen LogP contribution in [0.5, 0.6) is 0 Å². The predicted molar refractivity (Wildman–Crippen MR) is 99.1 cm³/mol. The molecule has 0 unspecified atom stereocenters. The van der Waals surface area contributed by atoms with E-state index < -0.39 is 5.91 Å². The third-order valence-electron chi connectivity index (χ3n) is 4.09. The molecule has 1 fully saturated rings. The first-order valence-electron chi connectivity index (χ1n) is 8.06. The molecule has 1 N–H and O–H groups in total. The van der Waals surface area contributed by atoms with E-state index in [9.17, 15) is 4.79 Å². The van der Waals surface area contributed by atoms with Gasteiger partial charge in [-0.2, -0.15) is 5.10 Å². The minimum atomic E-state index is -0.408. The van der Waals surface area contributed by atoms with Crippen LogP contribution in [0.2, 0.25) is 0 Å². The lowest BCUT2D eigenvalue weighted by Gasteiger charge is -2.12. The molecule has 128 valence electrons. The van der Waals surface area contributed by atoms with Crippen LogP contribution < -0.4 is 10.3 Å². The summed E-state index contributed by atoms with van der Waals surface area (Å²) in [6, 6.07) is 11.0. The number of benzene rings is 1. The van der Waals surface area contributed by atoms with Crippen molar-refractivity contribution in [3.63, 3.8) is 0 Å². The quantitative estimate of drug-likeness (QED) is 0.526. The fraction of sp³-hybridized carbons (Fsp3) is 0.222. The average Bonchev–Trinajstić information content (AvgIpc) is 3.34. The van der Waals surface area contributed by atoms with Crippen LogP contribution in [0.1, 0.15) is 29.2 Å². The van der Waals surface area contributed by atoms with Gasteiger partial charge >= 0.3 is 5.91 Å². The Hall–Kier alpha value is -2.54. The summed E-state index contributed by atoms with van der Waals surface area (Å²) < 4.78 is 12.2. The minimum absolute atomic E-state index is 0.211. The molecule has 0 aliphatic carbocycles. The van der Waals surface area contributed by atoms with Crippen molar-refractivity contribution >= 4 is 44.9 Å². The second kappa shape index (κ2) is 6.76. The number of carbonyl (C=O) groups is 1. The van der Waals surface area contributed by atoms with Gasteiger partial charge in [0, 0.05) is 29.0 Å². The maximum atomic E-state index is 12.1. The van der Waals surface area contributed by atoms with Gasteiger partial charge in [-0.15, -0.1) is 0 Å². The van der Waals surface area contributed by atoms with Gasteiger partial charge in [-0.3, -0.25) is 4.79 Å². The third kappa shape index (κ3) is 3.46. The Morgan fingerprint density at radius 3 is 2.84 bits per heavy atom. The molecule has 0 radical (unpaired) electrons. The Kier molecular flexibility index (Phi) is 4.31. The standard InChI is InChI=1S/C18H16BrN3O3/c19-13-3-5-15-12(9-13)10-16(25-15)18(23)21-20-11-14-4-6-17(24-14)22-7-1-2-8-22/h3-6,9-11H,1-2,7-8H2,(H,21,23)/b20-11+. The number of hydrogen-bond acceptors (Lipinski definition) is 5. The molecule has 7 heteroatoms. The molecule has 6 nitrogen and oxygen atoms in total. The van der Waals surface area contributed by atoms with Crippen molar-refractivity contribution < 1.29 is 13.6 Å². The summed E-state index contributed by atoms with van der Waals surface area (Å²) in [5, 5.41) is 4.79. The number of fused-ring (bicyclic) bond motifs is 1. The number of furan rings is 2. The Bertz CT molecular complexity index is 938. The van der Waals surface area contributed by atoms with Gasteiger partial charge in [-0.05, 0) is 43.2 Å². The second-order valence-electron chi connectivity index (χ2n) is 5.86. The molecule has 0 saturated carbocycles.